The SMILES string of the molecule is CC.COC(=O)N[C@H](C=O)C(C)OC. The summed E-state index contributed by atoms with van der Waals surface area (Å²) in [6.07, 6.45) is -0.400. The molecule has 0 radical (unpaired) electrons. The number of carbonyl (C=O) groups excluding carboxylic acids is 2. The molecule has 0 aliphatic carbocycles. The number of methoxy groups -OCH3 is 2. The van der Waals surface area contributed by atoms with Crippen LogP contribution in [0.25, 0.3) is 0 Å². The van der Waals surface area contributed by atoms with Crippen molar-refractivity contribution in [2.75, 3.05) is 14.2 Å². The molecule has 14 heavy (non-hydrogen) atoms. The van der Waals surface area contributed by atoms with Crippen LogP contribution in [0.2, 0.25) is 0 Å². The minimum absolute atomic E-state index is 0.360. The Morgan fingerprint density at radius 2 is 1.86 bits per heavy atom. The molecular weight excluding hydrogens is 186 g/mol. The summed E-state index contributed by atoms with van der Waals surface area (Å²) in [7, 11) is 2.69. The maximum absolute atomic E-state index is 10.7. The van der Waals surface area contributed by atoms with Gasteiger partial charge < -0.3 is 19.6 Å². The average Bonchev–Trinajstić information content (AvgIpc) is 2.27. The van der Waals surface area contributed by atoms with Gasteiger partial charge in [-0.15, -0.1) is 0 Å². The minimum Gasteiger partial charge on any atom is -0.453 e. The first-order chi connectivity index (χ1) is 6.65. The summed E-state index contributed by atoms with van der Waals surface area (Å²) in [5, 5.41) is 2.31. The highest BCUT2D eigenvalue weighted by Crippen LogP contribution is 1.94. The third-order valence-corrected chi connectivity index (χ3v) is 1.49. The summed E-state index contributed by atoms with van der Waals surface area (Å²) in [6.45, 7) is 5.68. The average molecular weight is 205 g/mol. The fraction of sp³-hybridized carbons (Fsp3) is 0.778. The molecule has 0 spiro atoms. The Morgan fingerprint density at radius 1 is 1.36 bits per heavy atom. The Kier molecular flexibility index (Phi) is 11.0. The number of aldehydes is 1. The second-order valence-corrected chi connectivity index (χ2v) is 2.24. The number of nitrogens with one attached hydrogen (secondary N) is 1. The van der Waals surface area contributed by atoms with E-state index in [1.54, 1.807) is 6.92 Å². The van der Waals surface area contributed by atoms with Gasteiger partial charge in [0.2, 0.25) is 0 Å². The summed E-state index contributed by atoms with van der Waals surface area (Å²) in [5.74, 6) is 0. The lowest BCUT2D eigenvalue weighted by Gasteiger charge is -2.17. The molecule has 1 unspecified atom stereocenters. The van der Waals surface area contributed by atoms with E-state index < -0.39 is 12.1 Å². The van der Waals surface area contributed by atoms with E-state index in [0.29, 0.717) is 6.29 Å². The van der Waals surface area contributed by atoms with Crippen molar-refractivity contribution < 1.29 is 19.1 Å². The number of rotatable bonds is 4. The number of hydrogen-bond acceptors (Lipinski definition) is 4. The van der Waals surface area contributed by atoms with Crippen molar-refractivity contribution in [2.24, 2.45) is 0 Å². The second-order valence-electron chi connectivity index (χ2n) is 2.24. The maximum atomic E-state index is 10.7. The van der Waals surface area contributed by atoms with Crippen LogP contribution in [0.4, 0.5) is 4.79 Å². The van der Waals surface area contributed by atoms with Gasteiger partial charge >= 0.3 is 6.09 Å². The number of alkyl carbamates (subject to hydrolysis) is 1. The highest BCUT2D eigenvalue weighted by molar-refractivity contribution is 5.73. The number of amides is 1. The predicted octanol–water partition coefficient (Wildman–Crippen LogP) is 0.971. The molecule has 0 aliphatic heterocycles. The van der Waals surface area contributed by atoms with Crippen LogP contribution in [0.15, 0.2) is 0 Å². The van der Waals surface area contributed by atoms with Gasteiger partial charge in [0.25, 0.3) is 0 Å². The van der Waals surface area contributed by atoms with Crippen LogP contribution in [-0.2, 0) is 14.3 Å². The van der Waals surface area contributed by atoms with E-state index in [0.717, 1.165) is 0 Å². The normalized spacial score (nSPS) is 12.9. The number of carbonyl (C=O) groups is 2. The van der Waals surface area contributed by atoms with Crippen molar-refractivity contribution >= 4 is 12.4 Å². The van der Waals surface area contributed by atoms with Crippen LogP contribution in [0.5, 0.6) is 0 Å². The number of hydrogen-bond donors (Lipinski definition) is 1. The van der Waals surface area contributed by atoms with Crippen LogP contribution in [0.1, 0.15) is 20.8 Å². The fourth-order valence-electron chi connectivity index (χ4n) is 0.604. The zero-order valence-electron chi connectivity index (χ0n) is 9.37. The Bertz CT molecular complexity index is 161. The van der Waals surface area contributed by atoms with E-state index >= 15 is 0 Å². The summed E-state index contributed by atoms with van der Waals surface area (Å²) in [6, 6.07) is -0.664. The lowest BCUT2D eigenvalue weighted by atomic mass is 10.2. The van der Waals surface area contributed by atoms with Gasteiger partial charge in [0, 0.05) is 7.11 Å². The molecular formula is C9H19NO4. The van der Waals surface area contributed by atoms with Crippen LogP contribution >= 0.6 is 0 Å². The molecule has 1 N–H and O–H groups in total. The van der Waals surface area contributed by atoms with Crippen molar-refractivity contribution in [1.82, 2.24) is 5.32 Å². The van der Waals surface area contributed by atoms with Crippen LogP contribution < -0.4 is 5.32 Å². The lowest BCUT2D eigenvalue weighted by Crippen LogP contribution is -2.43. The van der Waals surface area contributed by atoms with Gasteiger partial charge in [-0.2, -0.15) is 0 Å². The van der Waals surface area contributed by atoms with Crippen molar-refractivity contribution in [3.63, 3.8) is 0 Å². The third-order valence-electron chi connectivity index (χ3n) is 1.49. The quantitative estimate of drug-likeness (QED) is 0.694. The first-order valence-corrected chi connectivity index (χ1v) is 4.48. The molecule has 0 saturated heterocycles. The molecule has 0 bridgehead atoms. The van der Waals surface area contributed by atoms with Gasteiger partial charge in [-0.3, -0.25) is 0 Å². The van der Waals surface area contributed by atoms with Crippen LogP contribution in [0.3, 0.4) is 0 Å². The Balaban J connectivity index is 0. The van der Waals surface area contributed by atoms with Gasteiger partial charge in [0.1, 0.15) is 12.3 Å². The van der Waals surface area contributed by atoms with E-state index in [2.05, 4.69) is 10.1 Å². The van der Waals surface area contributed by atoms with E-state index in [9.17, 15) is 9.59 Å². The molecule has 0 saturated carbocycles. The molecule has 84 valence electrons. The molecule has 0 aliphatic rings. The van der Waals surface area contributed by atoms with E-state index in [1.165, 1.54) is 14.2 Å². The molecule has 5 nitrogen and oxygen atoms in total. The van der Waals surface area contributed by atoms with Crippen LogP contribution in [-0.4, -0.2) is 38.7 Å². The Hall–Kier alpha value is -1.10. The number of ether oxygens (including phenoxy) is 2. The molecule has 1 amide bonds. The standard InChI is InChI=1S/C7H13NO4.C2H6/c1-5(11-2)6(4-9)8-7(10)12-3;1-2/h4-6H,1-3H3,(H,8,10);1-2H3/t5?,6-;/m1./s1. The summed E-state index contributed by atoms with van der Waals surface area (Å²) >= 11 is 0. The van der Waals surface area contributed by atoms with Crippen LogP contribution in [0, 0.1) is 0 Å². The lowest BCUT2D eigenvalue weighted by molar-refractivity contribution is -0.112. The van der Waals surface area contributed by atoms with E-state index in [1.807, 2.05) is 13.8 Å². The van der Waals surface area contributed by atoms with Gasteiger partial charge in [-0.1, -0.05) is 13.8 Å². The topological polar surface area (TPSA) is 64.6 Å². The molecule has 0 fully saturated rings. The molecule has 0 aromatic carbocycles. The highest BCUT2D eigenvalue weighted by atomic mass is 16.5. The zero-order chi connectivity index (χ0) is 11.6. The first kappa shape index (κ1) is 15.4. The summed E-state index contributed by atoms with van der Waals surface area (Å²) < 4.78 is 9.16. The van der Waals surface area contributed by atoms with Crippen molar-refractivity contribution in [1.29, 1.82) is 0 Å². The molecule has 0 aromatic rings. The largest absolute Gasteiger partial charge is 0.453 e. The van der Waals surface area contributed by atoms with E-state index in [4.69, 9.17) is 4.74 Å². The second kappa shape index (κ2) is 9.98. The Labute approximate surface area is 84.8 Å². The fourth-order valence-corrected chi connectivity index (χ4v) is 0.604. The van der Waals surface area contributed by atoms with Gasteiger partial charge in [0.15, 0.2) is 0 Å². The molecule has 2 atom stereocenters. The molecule has 5 heteroatoms. The van der Waals surface area contributed by atoms with Crippen molar-refractivity contribution in [3.05, 3.63) is 0 Å². The highest BCUT2D eigenvalue weighted by Gasteiger charge is 2.18. The Morgan fingerprint density at radius 3 is 2.14 bits per heavy atom. The van der Waals surface area contributed by atoms with Crippen molar-refractivity contribution in [3.8, 4) is 0 Å². The predicted molar refractivity (Wildman–Crippen MR) is 53.2 cm³/mol. The molecule has 0 rings (SSSR count). The van der Waals surface area contributed by atoms with Gasteiger partial charge in [-0.25, -0.2) is 4.79 Å². The first-order valence-electron chi connectivity index (χ1n) is 4.48. The smallest absolute Gasteiger partial charge is 0.407 e. The summed E-state index contributed by atoms with van der Waals surface area (Å²) in [5.41, 5.74) is 0. The van der Waals surface area contributed by atoms with E-state index in [-0.39, 0.29) is 6.10 Å². The summed E-state index contributed by atoms with van der Waals surface area (Å²) in [4.78, 5) is 21.1. The zero-order valence-corrected chi connectivity index (χ0v) is 9.37. The van der Waals surface area contributed by atoms with Crippen molar-refractivity contribution in [2.45, 2.75) is 32.9 Å². The van der Waals surface area contributed by atoms with Gasteiger partial charge in [0.05, 0.1) is 13.2 Å². The third kappa shape index (κ3) is 6.42. The van der Waals surface area contributed by atoms with Gasteiger partial charge in [-0.05, 0) is 6.92 Å². The molecule has 0 aromatic heterocycles. The maximum Gasteiger partial charge on any atom is 0.407 e. The minimum atomic E-state index is -0.664. The monoisotopic (exact) mass is 205 g/mol. The molecule has 0 heterocycles.